The largest absolute Gasteiger partial charge is 0.308 e. The molecule has 0 bridgehead atoms. The van der Waals surface area contributed by atoms with Gasteiger partial charge in [0.25, 0.3) is 0 Å². The summed E-state index contributed by atoms with van der Waals surface area (Å²) in [6.07, 6.45) is 3.07. The van der Waals surface area contributed by atoms with Crippen molar-refractivity contribution in [2.24, 2.45) is 0 Å². The summed E-state index contributed by atoms with van der Waals surface area (Å²) in [6.45, 7) is 4.99. The minimum atomic E-state index is -0.304. The van der Waals surface area contributed by atoms with Gasteiger partial charge in [0.15, 0.2) is 0 Å². The molecule has 2 rings (SSSR count). The maximum Gasteiger partial charge on any atom is 0.141 e. The second kappa shape index (κ2) is 6.02. The molecule has 96 valence electrons. The Kier molecular flexibility index (Phi) is 4.38. The monoisotopic (exact) mass is 265 g/mol. The second-order valence-corrected chi connectivity index (χ2v) is 5.23. The van der Waals surface area contributed by atoms with Crippen LogP contribution in [-0.4, -0.2) is 16.5 Å². The van der Waals surface area contributed by atoms with Gasteiger partial charge in [-0.15, -0.1) is 11.3 Å². The van der Waals surface area contributed by atoms with Crippen LogP contribution in [0.5, 0.6) is 0 Å². The number of rotatable bonds is 5. The molecule has 5 heteroatoms. The number of nitrogens with one attached hydrogen (secondary N) is 1. The Labute approximate surface area is 110 Å². The molecule has 3 nitrogen and oxygen atoms in total. The maximum absolute atomic E-state index is 12.8. The highest BCUT2D eigenvalue weighted by Crippen LogP contribution is 2.18. The normalized spacial score (nSPS) is 14.4. The first-order chi connectivity index (χ1) is 8.66. The zero-order chi connectivity index (χ0) is 13.0. The lowest BCUT2D eigenvalue weighted by molar-refractivity contribution is 0.523. The molecular weight excluding hydrogens is 249 g/mol. The van der Waals surface area contributed by atoms with Crippen LogP contribution in [-0.2, 0) is 0 Å². The molecule has 0 spiro atoms. The van der Waals surface area contributed by atoms with Gasteiger partial charge in [-0.3, -0.25) is 4.98 Å². The standard InChI is InChI=1S/C13H16FN3S/c1-9(13-15-5-6-18-13)7-16-10(2)12-4-3-11(14)8-17-12/h3-6,8-10,16H,7H2,1-2H3. The number of hydrogen-bond acceptors (Lipinski definition) is 4. The maximum atomic E-state index is 12.8. The molecule has 2 heterocycles. The predicted molar refractivity (Wildman–Crippen MR) is 71.1 cm³/mol. The molecule has 2 atom stereocenters. The van der Waals surface area contributed by atoms with Gasteiger partial charge < -0.3 is 5.32 Å². The van der Waals surface area contributed by atoms with Crippen molar-refractivity contribution in [3.63, 3.8) is 0 Å². The van der Waals surface area contributed by atoms with Gasteiger partial charge in [-0.05, 0) is 19.1 Å². The van der Waals surface area contributed by atoms with Gasteiger partial charge in [-0.25, -0.2) is 9.37 Å². The first-order valence-corrected chi connectivity index (χ1v) is 6.79. The molecule has 2 aromatic rings. The molecule has 2 unspecified atom stereocenters. The minimum Gasteiger partial charge on any atom is -0.308 e. The Hall–Kier alpha value is -1.33. The number of halogens is 1. The van der Waals surface area contributed by atoms with Crippen molar-refractivity contribution in [3.05, 3.63) is 46.4 Å². The number of hydrogen-bond donors (Lipinski definition) is 1. The van der Waals surface area contributed by atoms with Crippen molar-refractivity contribution in [3.8, 4) is 0 Å². The first kappa shape index (κ1) is 13.1. The molecule has 0 aliphatic carbocycles. The van der Waals surface area contributed by atoms with Crippen LogP contribution in [0.25, 0.3) is 0 Å². The van der Waals surface area contributed by atoms with Gasteiger partial charge in [0.2, 0.25) is 0 Å². The summed E-state index contributed by atoms with van der Waals surface area (Å²) >= 11 is 1.66. The van der Waals surface area contributed by atoms with Crippen LogP contribution in [0.2, 0.25) is 0 Å². The van der Waals surface area contributed by atoms with E-state index in [2.05, 4.69) is 22.2 Å². The Morgan fingerprint density at radius 3 is 2.78 bits per heavy atom. The molecule has 0 saturated carbocycles. The van der Waals surface area contributed by atoms with Gasteiger partial charge in [-0.1, -0.05) is 6.92 Å². The molecule has 18 heavy (non-hydrogen) atoms. The zero-order valence-corrected chi connectivity index (χ0v) is 11.2. The summed E-state index contributed by atoms with van der Waals surface area (Å²) < 4.78 is 12.8. The first-order valence-electron chi connectivity index (χ1n) is 5.91. The fraction of sp³-hybridized carbons (Fsp3) is 0.385. The SMILES string of the molecule is CC(CNC(C)c1ccc(F)cn1)c1nccs1. The van der Waals surface area contributed by atoms with E-state index < -0.39 is 0 Å². The van der Waals surface area contributed by atoms with E-state index in [-0.39, 0.29) is 11.9 Å². The average Bonchev–Trinajstić information content (AvgIpc) is 2.90. The van der Waals surface area contributed by atoms with E-state index in [1.165, 1.54) is 12.3 Å². The zero-order valence-electron chi connectivity index (χ0n) is 10.4. The van der Waals surface area contributed by atoms with Crippen molar-refractivity contribution < 1.29 is 4.39 Å². The van der Waals surface area contributed by atoms with Gasteiger partial charge in [0.05, 0.1) is 16.9 Å². The van der Waals surface area contributed by atoms with E-state index in [0.29, 0.717) is 5.92 Å². The van der Waals surface area contributed by atoms with Crippen LogP contribution in [0.4, 0.5) is 4.39 Å². The lowest BCUT2D eigenvalue weighted by Gasteiger charge is -2.16. The minimum absolute atomic E-state index is 0.105. The molecule has 0 fully saturated rings. The van der Waals surface area contributed by atoms with Crippen molar-refractivity contribution in [2.45, 2.75) is 25.8 Å². The van der Waals surface area contributed by atoms with Gasteiger partial charge in [-0.2, -0.15) is 0 Å². The van der Waals surface area contributed by atoms with Crippen LogP contribution >= 0.6 is 11.3 Å². The molecular formula is C13H16FN3S. The summed E-state index contributed by atoms with van der Waals surface area (Å²) in [4.78, 5) is 8.36. The molecule has 0 amide bonds. The smallest absolute Gasteiger partial charge is 0.141 e. The number of thiazole rings is 1. The highest BCUT2D eigenvalue weighted by molar-refractivity contribution is 7.09. The van der Waals surface area contributed by atoms with E-state index in [4.69, 9.17) is 0 Å². The molecule has 0 saturated heterocycles. The summed E-state index contributed by atoms with van der Waals surface area (Å²) in [5.74, 6) is 0.0648. The Morgan fingerprint density at radius 2 is 2.17 bits per heavy atom. The highest BCUT2D eigenvalue weighted by Gasteiger charge is 2.11. The molecule has 2 aromatic heterocycles. The quantitative estimate of drug-likeness (QED) is 0.902. The van der Waals surface area contributed by atoms with E-state index in [0.717, 1.165) is 17.2 Å². The van der Waals surface area contributed by atoms with Crippen LogP contribution in [0, 0.1) is 5.82 Å². The van der Waals surface area contributed by atoms with E-state index in [1.807, 2.05) is 18.5 Å². The molecule has 0 aliphatic heterocycles. The predicted octanol–water partition coefficient (Wildman–Crippen LogP) is 3.13. The van der Waals surface area contributed by atoms with Crippen molar-refractivity contribution in [2.75, 3.05) is 6.54 Å². The van der Waals surface area contributed by atoms with Crippen LogP contribution < -0.4 is 5.32 Å². The van der Waals surface area contributed by atoms with Crippen LogP contribution in [0.15, 0.2) is 29.9 Å². The van der Waals surface area contributed by atoms with Crippen molar-refractivity contribution in [1.29, 1.82) is 0 Å². The van der Waals surface area contributed by atoms with Gasteiger partial charge in [0, 0.05) is 30.1 Å². The molecule has 0 radical (unpaired) electrons. The van der Waals surface area contributed by atoms with Crippen LogP contribution in [0.1, 0.15) is 36.5 Å². The number of aromatic nitrogens is 2. The topological polar surface area (TPSA) is 37.8 Å². The van der Waals surface area contributed by atoms with Gasteiger partial charge in [0.1, 0.15) is 5.82 Å². The fourth-order valence-electron chi connectivity index (χ4n) is 1.67. The lowest BCUT2D eigenvalue weighted by Crippen LogP contribution is -2.24. The van der Waals surface area contributed by atoms with Crippen molar-refractivity contribution in [1.82, 2.24) is 15.3 Å². The van der Waals surface area contributed by atoms with Gasteiger partial charge >= 0.3 is 0 Å². The molecule has 0 aliphatic rings. The summed E-state index contributed by atoms with van der Waals surface area (Å²) in [7, 11) is 0. The Balaban J connectivity index is 1.88. The summed E-state index contributed by atoms with van der Waals surface area (Å²) in [5, 5.41) is 6.50. The second-order valence-electron chi connectivity index (χ2n) is 4.30. The molecule has 1 N–H and O–H groups in total. The number of pyridine rings is 1. The fourth-order valence-corrected chi connectivity index (χ4v) is 2.37. The number of nitrogens with zero attached hydrogens (tertiary/aromatic N) is 2. The third-order valence-corrected chi connectivity index (χ3v) is 3.80. The van der Waals surface area contributed by atoms with E-state index >= 15 is 0 Å². The summed E-state index contributed by atoms with van der Waals surface area (Å²) in [5.41, 5.74) is 0.850. The Bertz CT molecular complexity index is 469. The van der Waals surface area contributed by atoms with E-state index in [1.54, 1.807) is 17.4 Å². The third kappa shape index (κ3) is 3.34. The average molecular weight is 265 g/mol. The Morgan fingerprint density at radius 1 is 1.33 bits per heavy atom. The lowest BCUT2D eigenvalue weighted by atomic mass is 10.1. The van der Waals surface area contributed by atoms with Crippen LogP contribution in [0.3, 0.4) is 0 Å². The highest BCUT2D eigenvalue weighted by atomic mass is 32.1. The summed E-state index contributed by atoms with van der Waals surface area (Å²) in [6, 6.07) is 3.25. The third-order valence-electron chi connectivity index (χ3n) is 2.80. The molecule has 0 aromatic carbocycles. The van der Waals surface area contributed by atoms with Crippen molar-refractivity contribution >= 4 is 11.3 Å². The van der Waals surface area contributed by atoms with E-state index in [9.17, 15) is 4.39 Å².